The molecular formula is C15H29N3OSi. The van der Waals surface area contributed by atoms with Crippen molar-refractivity contribution in [2.75, 3.05) is 6.61 Å². The average Bonchev–Trinajstić information content (AvgIpc) is 2.30. The maximum Gasteiger partial charge on any atom is 0.191 e. The molecule has 2 N–H and O–H groups in total. The second-order valence-electron chi connectivity index (χ2n) is 7.04. The summed E-state index contributed by atoms with van der Waals surface area (Å²) in [6.45, 7) is 14.0. The van der Waals surface area contributed by atoms with Crippen LogP contribution in [0, 0.1) is 6.92 Å². The van der Waals surface area contributed by atoms with E-state index in [4.69, 9.17) is 10.2 Å². The van der Waals surface area contributed by atoms with Crippen molar-refractivity contribution < 1.29 is 4.43 Å². The van der Waals surface area contributed by atoms with E-state index in [0.29, 0.717) is 6.42 Å². The lowest BCUT2D eigenvalue weighted by molar-refractivity contribution is 0.271. The van der Waals surface area contributed by atoms with Crippen LogP contribution in [0.15, 0.2) is 12.4 Å². The highest BCUT2D eigenvalue weighted by Crippen LogP contribution is 2.36. The second kappa shape index (κ2) is 6.78. The Labute approximate surface area is 124 Å². The van der Waals surface area contributed by atoms with E-state index in [9.17, 15) is 0 Å². The van der Waals surface area contributed by atoms with Crippen molar-refractivity contribution in [1.82, 2.24) is 9.97 Å². The van der Waals surface area contributed by atoms with Gasteiger partial charge in [-0.1, -0.05) is 20.8 Å². The maximum atomic E-state index is 6.14. The Morgan fingerprint density at radius 2 is 1.80 bits per heavy atom. The standard InChI is InChI=1S/C15H29N3OSi/c1-12-10-17-14(18-11-12)9-13(16)7-8-19-20(5,6)15(2,3)4/h10-11,13H,7-9,16H2,1-6H3. The highest BCUT2D eigenvalue weighted by atomic mass is 28.4. The Bertz CT molecular complexity index is 412. The summed E-state index contributed by atoms with van der Waals surface area (Å²) in [4.78, 5) is 8.58. The fraction of sp³-hybridized carbons (Fsp3) is 0.733. The van der Waals surface area contributed by atoms with Gasteiger partial charge in [0, 0.05) is 31.5 Å². The monoisotopic (exact) mass is 295 g/mol. The summed E-state index contributed by atoms with van der Waals surface area (Å²) >= 11 is 0. The normalized spacial score (nSPS) is 14.3. The van der Waals surface area contributed by atoms with Gasteiger partial charge in [0.25, 0.3) is 0 Å². The summed E-state index contributed by atoms with van der Waals surface area (Å²) in [5.74, 6) is 0.815. The molecular weight excluding hydrogens is 266 g/mol. The van der Waals surface area contributed by atoms with Crippen LogP contribution in [-0.2, 0) is 10.8 Å². The molecule has 0 bridgehead atoms. The van der Waals surface area contributed by atoms with Crippen LogP contribution < -0.4 is 5.73 Å². The largest absolute Gasteiger partial charge is 0.417 e. The predicted molar refractivity (Wildman–Crippen MR) is 86.2 cm³/mol. The van der Waals surface area contributed by atoms with Gasteiger partial charge in [-0.25, -0.2) is 9.97 Å². The summed E-state index contributed by atoms with van der Waals surface area (Å²) < 4.78 is 6.14. The summed E-state index contributed by atoms with van der Waals surface area (Å²) in [5, 5.41) is 0.247. The van der Waals surface area contributed by atoms with Gasteiger partial charge in [0.1, 0.15) is 5.82 Å². The molecule has 1 unspecified atom stereocenters. The number of aryl methyl sites for hydroxylation is 1. The molecule has 0 amide bonds. The van der Waals surface area contributed by atoms with Crippen LogP contribution in [-0.4, -0.2) is 30.9 Å². The molecule has 0 saturated heterocycles. The van der Waals surface area contributed by atoms with E-state index in [1.807, 2.05) is 19.3 Å². The van der Waals surface area contributed by atoms with Crippen molar-refractivity contribution in [1.29, 1.82) is 0 Å². The third kappa shape index (κ3) is 5.30. The summed E-state index contributed by atoms with van der Waals surface area (Å²) in [6, 6.07) is 0.0578. The summed E-state index contributed by atoms with van der Waals surface area (Å²) in [5.41, 5.74) is 7.21. The minimum Gasteiger partial charge on any atom is -0.417 e. The number of nitrogens with two attached hydrogens (primary N) is 1. The van der Waals surface area contributed by atoms with Gasteiger partial charge in [0.05, 0.1) is 0 Å². The molecule has 1 rings (SSSR count). The van der Waals surface area contributed by atoms with Gasteiger partial charge in [-0.3, -0.25) is 0 Å². The molecule has 0 fully saturated rings. The van der Waals surface area contributed by atoms with Crippen molar-refractivity contribution >= 4 is 8.32 Å². The Balaban J connectivity index is 2.37. The van der Waals surface area contributed by atoms with Crippen molar-refractivity contribution in [3.05, 3.63) is 23.8 Å². The molecule has 20 heavy (non-hydrogen) atoms. The van der Waals surface area contributed by atoms with E-state index >= 15 is 0 Å². The molecule has 114 valence electrons. The smallest absolute Gasteiger partial charge is 0.191 e. The van der Waals surface area contributed by atoms with Gasteiger partial charge in [0.15, 0.2) is 8.32 Å². The molecule has 5 heteroatoms. The average molecular weight is 296 g/mol. The van der Waals surface area contributed by atoms with E-state index in [1.54, 1.807) is 0 Å². The Hall–Kier alpha value is -0.783. The summed E-state index contributed by atoms with van der Waals surface area (Å²) in [7, 11) is -1.66. The lowest BCUT2D eigenvalue weighted by Gasteiger charge is -2.36. The van der Waals surface area contributed by atoms with Crippen LogP contribution in [0.4, 0.5) is 0 Å². The summed E-state index contributed by atoms with van der Waals surface area (Å²) in [6.07, 6.45) is 5.23. The molecule has 1 heterocycles. The number of hydrogen-bond acceptors (Lipinski definition) is 4. The minimum absolute atomic E-state index is 0.0578. The van der Waals surface area contributed by atoms with Crippen LogP contribution >= 0.6 is 0 Å². The molecule has 0 aromatic carbocycles. The van der Waals surface area contributed by atoms with Crippen molar-refractivity contribution in [3.8, 4) is 0 Å². The number of rotatable bonds is 6. The van der Waals surface area contributed by atoms with Crippen molar-refractivity contribution in [3.63, 3.8) is 0 Å². The SMILES string of the molecule is Cc1cnc(CC(N)CCO[Si](C)(C)C(C)(C)C)nc1. The van der Waals surface area contributed by atoms with E-state index in [1.165, 1.54) is 0 Å². The first-order chi connectivity index (χ1) is 9.12. The Morgan fingerprint density at radius 3 is 2.30 bits per heavy atom. The zero-order valence-corrected chi connectivity index (χ0v) is 14.7. The minimum atomic E-state index is -1.66. The van der Waals surface area contributed by atoms with Gasteiger partial charge in [-0.15, -0.1) is 0 Å². The highest BCUT2D eigenvalue weighted by Gasteiger charge is 2.36. The zero-order chi connectivity index (χ0) is 15.4. The van der Waals surface area contributed by atoms with Gasteiger partial charge in [-0.05, 0) is 37.0 Å². The van der Waals surface area contributed by atoms with Crippen molar-refractivity contribution in [2.24, 2.45) is 5.73 Å². The number of hydrogen-bond donors (Lipinski definition) is 1. The van der Waals surface area contributed by atoms with Crippen LogP contribution in [0.25, 0.3) is 0 Å². The quantitative estimate of drug-likeness (QED) is 0.819. The Kier molecular flexibility index (Phi) is 5.86. The third-order valence-corrected chi connectivity index (χ3v) is 8.58. The fourth-order valence-electron chi connectivity index (χ4n) is 1.54. The number of aromatic nitrogens is 2. The molecule has 0 aliphatic carbocycles. The van der Waals surface area contributed by atoms with Crippen LogP contribution in [0.5, 0.6) is 0 Å². The predicted octanol–water partition coefficient (Wildman–Crippen LogP) is 3.07. The van der Waals surface area contributed by atoms with E-state index in [-0.39, 0.29) is 11.1 Å². The molecule has 0 radical (unpaired) electrons. The highest BCUT2D eigenvalue weighted by molar-refractivity contribution is 6.74. The van der Waals surface area contributed by atoms with Gasteiger partial charge in [-0.2, -0.15) is 0 Å². The van der Waals surface area contributed by atoms with Gasteiger partial charge in [0.2, 0.25) is 0 Å². The first kappa shape index (κ1) is 17.3. The molecule has 0 aliphatic heterocycles. The third-order valence-electron chi connectivity index (χ3n) is 4.04. The van der Waals surface area contributed by atoms with E-state index in [0.717, 1.165) is 24.4 Å². The van der Waals surface area contributed by atoms with Gasteiger partial charge >= 0.3 is 0 Å². The van der Waals surface area contributed by atoms with E-state index < -0.39 is 8.32 Å². The maximum absolute atomic E-state index is 6.14. The topological polar surface area (TPSA) is 61.0 Å². The lowest BCUT2D eigenvalue weighted by Crippen LogP contribution is -2.41. The van der Waals surface area contributed by atoms with Crippen LogP contribution in [0.2, 0.25) is 18.1 Å². The number of nitrogens with zero attached hydrogens (tertiary/aromatic N) is 2. The fourth-order valence-corrected chi connectivity index (χ4v) is 2.60. The molecule has 0 saturated carbocycles. The first-order valence-corrected chi connectivity index (χ1v) is 10.2. The lowest BCUT2D eigenvalue weighted by atomic mass is 10.1. The molecule has 1 aromatic heterocycles. The van der Waals surface area contributed by atoms with E-state index in [2.05, 4.69) is 43.8 Å². The molecule has 1 atom stereocenters. The molecule has 1 aromatic rings. The van der Waals surface area contributed by atoms with Crippen LogP contribution in [0.1, 0.15) is 38.6 Å². The van der Waals surface area contributed by atoms with Crippen LogP contribution in [0.3, 0.4) is 0 Å². The molecule has 0 aliphatic rings. The van der Waals surface area contributed by atoms with Crippen molar-refractivity contribution in [2.45, 2.75) is 64.7 Å². The molecule has 4 nitrogen and oxygen atoms in total. The second-order valence-corrected chi connectivity index (χ2v) is 11.8. The zero-order valence-electron chi connectivity index (χ0n) is 13.7. The van der Waals surface area contributed by atoms with Gasteiger partial charge < -0.3 is 10.2 Å². The Morgan fingerprint density at radius 1 is 1.25 bits per heavy atom. The molecule has 0 spiro atoms. The first-order valence-electron chi connectivity index (χ1n) is 7.29.